The number of benzene rings is 1. The highest BCUT2D eigenvalue weighted by molar-refractivity contribution is 6.04. The summed E-state index contributed by atoms with van der Waals surface area (Å²) in [7, 11) is 1.40. The van der Waals surface area contributed by atoms with Gasteiger partial charge in [-0.3, -0.25) is 4.79 Å². The summed E-state index contributed by atoms with van der Waals surface area (Å²) in [5.74, 6) is -2.46. The first-order chi connectivity index (χ1) is 8.99. The zero-order valence-corrected chi connectivity index (χ0v) is 9.97. The summed E-state index contributed by atoms with van der Waals surface area (Å²) in [6.07, 6.45) is 0. The first-order valence-electron chi connectivity index (χ1n) is 5.38. The lowest BCUT2D eigenvalue weighted by molar-refractivity contribution is 0.0983. The first kappa shape index (κ1) is 12.9. The molecule has 0 saturated carbocycles. The van der Waals surface area contributed by atoms with Gasteiger partial charge in [0.05, 0.1) is 0 Å². The molecule has 0 spiro atoms. The molecule has 4 nitrogen and oxygen atoms in total. The second kappa shape index (κ2) is 5.01. The normalized spacial score (nSPS) is 10.3. The number of rotatable bonds is 2. The number of nitrogens with zero attached hydrogens (tertiary/aromatic N) is 2. The van der Waals surface area contributed by atoms with Crippen molar-refractivity contribution in [2.75, 3.05) is 11.9 Å². The molecule has 2 aromatic rings. The van der Waals surface area contributed by atoms with E-state index in [1.807, 2.05) is 0 Å². The summed E-state index contributed by atoms with van der Waals surface area (Å²) < 4.78 is 26.3. The van der Waals surface area contributed by atoms with Crippen LogP contribution in [0.5, 0.6) is 5.88 Å². The topological polar surface area (TPSA) is 53.4 Å². The average Bonchev–Trinajstić information content (AvgIpc) is 2.41. The summed E-state index contributed by atoms with van der Waals surface area (Å²) in [4.78, 5) is 16.6. The van der Waals surface area contributed by atoms with Crippen molar-refractivity contribution >= 4 is 11.6 Å². The van der Waals surface area contributed by atoms with Crippen molar-refractivity contribution in [3.8, 4) is 5.88 Å². The molecule has 98 valence electrons. The second-order valence-electron chi connectivity index (χ2n) is 3.84. The maximum Gasteiger partial charge on any atom is 0.279 e. The van der Waals surface area contributed by atoms with Gasteiger partial charge in [0.2, 0.25) is 5.88 Å². The van der Waals surface area contributed by atoms with Crippen LogP contribution in [-0.4, -0.2) is 23.0 Å². The number of amides is 1. The van der Waals surface area contributed by atoms with E-state index in [9.17, 15) is 18.7 Å². The van der Waals surface area contributed by atoms with Crippen molar-refractivity contribution in [2.24, 2.45) is 0 Å². The lowest BCUT2D eigenvalue weighted by atomic mass is 10.2. The zero-order valence-electron chi connectivity index (χ0n) is 9.97. The van der Waals surface area contributed by atoms with Crippen molar-refractivity contribution in [2.45, 2.75) is 0 Å². The summed E-state index contributed by atoms with van der Waals surface area (Å²) in [6, 6.07) is 7.14. The Balaban J connectivity index is 2.33. The van der Waals surface area contributed by atoms with Crippen molar-refractivity contribution in [3.63, 3.8) is 0 Å². The third-order valence-electron chi connectivity index (χ3n) is 2.55. The predicted octanol–water partition coefficient (Wildman–Crippen LogP) is 2.34. The van der Waals surface area contributed by atoms with E-state index in [2.05, 4.69) is 4.98 Å². The first-order valence-corrected chi connectivity index (χ1v) is 5.38. The molecule has 1 heterocycles. The Morgan fingerprint density at radius 1 is 1.16 bits per heavy atom. The monoisotopic (exact) mass is 264 g/mol. The minimum absolute atomic E-state index is 0.385. The number of hydrogen-bond donors (Lipinski definition) is 1. The summed E-state index contributed by atoms with van der Waals surface area (Å²) in [5, 5.41) is 9.18. The standard InChI is InChI=1S/C13H10F2N2O2/c1-17(9-4-2-8(14)3-5-9)13(19)12-10(15)6-7-11(18)16-12/h2-7H,1H3,(H,16,18). The van der Waals surface area contributed by atoms with Crippen molar-refractivity contribution in [3.05, 3.63) is 53.7 Å². The number of carbonyl (C=O) groups excluding carboxylic acids is 1. The van der Waals surface area contributed by atoms with Crippen LogP contribution in [0, 0.1) is 11.6 Å². The van der Waals surface area contributed by atoms with Gasteiger partial charge in [0.25, 0.3) is 5.91 Å². The van der Waals surface area contributed by atoms with E-state index in [0.29, 0.717) is 5.69 Å². The molecule has 1 amide bonds. The van der Waals surface area contributed by atoms with Gasteiger partial charge >= 0.3 is 0 Å². The molecule has 0 bridgehead atoms. The minimum Gasteiger partial charge on any atom is -0.493 e. The van der Waals surface area contributed by atoms with Gasteiger partial charge in [0.15, 0.2) is 11.5 Å². The molecule has 1 aromatic heterocycles. The highest BCUT2D eigenvalue weighted by Crippen LogP contribution is 2.18. The molecule has 0 aliphatic carbocycles. The molecule has 6 heteroatoms. The third-order valence-corrected chi connectivity index (χ3v) is 2.55. The fraction of sp³-hybridized carbons (Fsp3) is 0.0769. The van der Waals surface area contributed by atoms with Crippen LogP contribution in [0.4, 0.5) is 14.5 Å². The van der Waals surface area contributed by atoms with Gasteiger partial charge in [-0.15, -0.1) is 0 Å². The molecule has 0 fully saturated rings. The van der Waals surface area contributed by atoms with Crippen LogP contribution >= 0.6 is 0 Å². The maximum atomic E-state index is 13.5. The Bertz CT molecular complexity index is 615. The van der Waals surface area contributed by atoms with Crippen LogP contribution < -0.4 is 4.90 Å². The van der Waals surface area contributed by atoms with Crippen molar-refractivity contribution < 1.29 is 18.7 Å². The van der Waals surface area contributed by atoms with Crippen LogP contribution in [0.25, 0.3) is 0 Å². The molecule has 0 unspecified atom stereocenters. The van der Waals surface area contributed by atoms with Crippen LogP contribution in [-0.2, 0) is 0 Å². The Morgan fingerprint density at radius 3 is 2.42 bits per heavy atom. The maximum absolute atomic E-state index is 13.5. The van der Waals surface area contributed by atoms with E-state index < -0.39 is 29.1 Å². The quantitative estimate of drug-likeness (QED) is 0.905. The Kier molecular flexibility index (Phi) is 3.41. The molecule has 0 saturated heterocycles. The van der Waals surface area contributed by atoms with Crippen LogP contribution in [0.1, 0.15) is 10.5 Å². The van der Waals surface area contributed by atoms with Gasteiger partial charge in [-0.1, -0.05) is 0 Å². The van der Waals surface area contributed by atoms with Gasteiger partial charge in [-0.05, 0) is 30.3 Å². The van der Waals surface area contributed by atoms with Gasteiger partial charge < -0.3 is 10.0 Å². The molecule has 0 radical (unpaired) electrons. The smallest absolute Gasteiger partial charge is 0.279 e. The predicted molar refractivity (Wildman–Crippen MR) is 65.0 cm³/mol. The third kappa shape index (κ3) is 2.67. The van der Waals surface area contributed by atoms with Crippen LogP contribution in [0.2, 0.25) is 0 Å². The molecule has 1 N–H and O–H groups in total. The number of halogens is 2. The minimum atomic E-state index is -0.836. The zero-order chi connectivity index (χ0) is 14.0. The summed E-state index contributed by atoms with van der Waals surface area (Å²) in [6.45, 7) is 0. The number of pyridine rings is 1. The average molecular weight is 264 g/mol. The lowest BCUT2D eigenvalue weighted by Crippen LogP contribution is -2.28. The molecular formula is C13H10F2N2O2. The van der Waals surface area contributed by atoms with E-state index in [1.165, 1.54) is 31.3 Å². The second-order valence-corrected chi connectivity index (χ2v) is 3.84. The molecule has 1 aromatic carbocycles. The fourth-order valence-electron chi connectivity index (χ4n) is 1.52. The van der Waals surface area contributed by atoms with Crippen molar-refractivity contribution in [1.29, 1.82) is 0 Å². The van der Waals surface area contributed by atoms with Gasteiger partial charge in [-0.2, -0.15) is 0 Å². The molecule has 0 aliphatic rings. The summed E-state index contributed by atoms with van der Waals surface area (Å²) >= 11 is 0. The van der Waals surface area contributed by atoms with E-state index in [1.54, 1.807) is 0 Å². The number of carbonyl (C=O) groups is 1. The number of hydrogen-bond acceptors (Lipinski definition) is 3. The number of aromatic nitrogens is 1. The highest BCUT2D eigenvalue weighted by atomic mass is 19.1. The van der Waals surface area contributed by atoms with E-state index >= 15 is 0 Å². The molecule has 0 aliphatic heterocycles. The van der Waals surface area contributed by atoms with Gasteiger partial charge in [-0.25, -0.2) is 13.8 Å². The van der Waals surface area contributed by atoms with Gasteiger partial charge in [0, 0.05) is 18.8 Å². The van der Waals surface area contributed by atoms with Gasteiger partial charge in [0.1, 0.15) is 5.82 Å². The Labute approximate surface area is 107 Å². The van der Waals surface area contributed by atoms with Crippen LogP contribution in [0.3, 0.4) is 0 Å². The SMILES string of the molecule is CN(C(=O)c1nc(O)ccc1F)c1ccc(F)cc1. The Morgan fingerprint density at radius 2 is 1.79 bits per heavy atom. The molecule has 2 rings (SSSR count). The van der Waals surface area contributed by atoms with E-state index in [4.69, 9.17) is 0 Å². The molecular weight excluding hydrogens is 254 g/mol. The molecule has 0 atom stereocenters. The molecule has 19 heavy (non-hydrogen) atoms. The van der Waals surface area contributed by atoms with E-state index in [-0.39, 0.29) is 0 Å². The Hall–Kier alpha value is -2.50. The van der Waals surface area contributed by atoms with E-state index in [0.717, 1.165) is 17.0 Å². The lowest BCUT2D eigenvalue weighted by Gasteiger charge is -2.17. The van der Waals surface area contributed by atoms with Crippen molar-refractivity contribution in [1.82, 2.24) is 4.98 Å². The highest BCUT2D eigenvalue weighted by Gasteiger charge is 2.19. The fourth-order valence-corrected chi connectivity index (χ4v) is 1.52. The summed E-state index contributed by atoms with van der Waals surface area (Å²) in [5.41, 5.74) is -0.109. The largest absolute Gasteiger partial charge is 0.493 e. The number of anilines is 1. The number of aromatic hydroxyl groups is 1. The van der Waals surface area contributed by atoms with Crippen LogP contribution in [0.15, 0.2) is 36.4 Å².